The van der Waals surface area contributed by atoms with E-state index in [0.717, 1.165) is 78.3 Å². The summed E-state index contributed by atoms with van der Waals surface area (Å²) in [4.78, 5) is 2.25. The number of nitrogens with zero attached hydrogens (tertiary/aromatic N) is 1. The molecule has 7 rings (SSSR count). The van der Waals surface area contributed by atoms with Gasteiger partial charge in [-0.15, -0.1) is 0 Å². The number of aliphatic hydroxyl groups excluding tert-OH is 3. The summed E-state index contributed by atoms with van der Waals surface area (Å²) in [6.45, 7) is 0.0534. The molecule has 7 aromatic carbocycles. The van der Waals surface area contributed by atoms with Crippen molar-refractivity contribution < 1.29 is 15.3 Å². The van der Waals surface area contributed by atoms with Crippen molar-refractivity contribution in [2.24, 2.45) is 0 Å². The van der Waals surface area contributed by atoms with Crippen LogP contribution >= 0.6 is 0 Å². The molecule has 0 bridgehead atoms. The van der Waals surface area contributed by atoms with E-state index >= 15 is 0 Å². The zero-order chi connectivity index (χ0) is 33.6. The van der Waals surface area contributed by atoms with Crippen molar-refractivity contribution in [3.63, 3.8) is 0 Å². The second-order valence-electron chi connectivity index (χ2n) is 12.1. The fraction of sp³-hybridized carbons (Fsp3) is 0.0667. The summed E-state index contributed by atoms with van der Waals surface area (Å²) in [5.41, 5.74) is 14.5. The summed E-state index contributed by atoms with van der Waals surface area (Å²) >= 11 is 0. The van der Waals surface area contributed by atoms with Crippen LogP contribution in [0.2, 0.25) is 0 Å². The second kappa shape index (κ2) is 14.5. The van der Waals surface area contributed by atoms with E-state index in [0.29, 0.717) is 0 Å². The molecule has 0 fully saturated rings. The fourth-order valence-corrected chi connectivity index (χ4v) is 6.26. The highest BCUT2D eigenvalue weighted by Crippen LogP contribution is 2.38. The minimum Gasteiger partial charge on any atom is -0.392 e. The Labute approximate surface area is 287 Å². The van der Waals surface area contributed by atoms with Gasteiger partial charge in [0.05, 0.1) is 19.8 Å². The SMILES string of the molecule is OCc1cccc(-c2ccc(-c3ccc(N(c4ccc(-c5cccc(CO)c5)cc4)c4ccc(-c5cccc(CO)c5)cc4)cc3)cc2)c1. The first kappa shape index (κ1) is 31.8. The third-order valence-electron chi connectivity index (χ3n) is 8.92. The quantitative estimate of drug-likeness (QED) is 0.139. The van der Waals surface area contributed by atoms with Gasteiger partial charge in [0.25, 0.3) is 0 Å². The van der Waals surface area contributed by atoms with Gasteiger partial charge in [0.2, 0.25) is 0 Å². The maximum absolute atomic E-state index is 9.64. The minimum absolute atomic E-state index is 0.0125. The van der Waals surface area contributed by atoms with Crippen LogP contribution in [0.5, 0.6) is 0 Å². The normalized spacial score (nSPS) is 11.0. The summed E-state index contributed by atoms with van der Waals surface area (Å²) in [6.07, 6.45) is 0. The summed E-state index contributed by atoms with van der Waals surface area (Å²) in [5, 5.41) is 28.8. The van der Waals surface area contributed by atoms with Crippen LogP contribution < -0.4 is 4.90 Å². The van der Waals surface area contributed by atoms with E-state index in [1.54, 1.807) is 0 Å². The number of hydrogen-bond donors (Lipinski definition) is 3. The zero-order valence-corrected chi connectivity index (χ0v) is 27.1. The maximum Gasteiger partial charge on any atom is 0.0682 e. The number of hydrogen-bond acceptors (Lipinski definition) is 4. The van der Waals surface area contributed by atoms with Crippen LogP contribution in [0.25, 0.3) is 44.5 Å². The molecular weight excluding hydrogens is 602 g/mol. The largest absolute Gasteiger partial charge is 0.392 e. The van der Waals surface area contributed by atoms with Gasteiger partial charge in [-0.1, -0.05) is 115 Å². The van der Waals surface area contributed by atoms with Crippen molar-refractivity contribution in [3.8, 4) is 44.5 Å². The van der Waals surface area contributed by atoms with Crippen LogP contribution in [0, 0.1) is 0 Å². The lowest BCUT2D eigenvalue weighted by molar-refractivity contribution is 0.281. The summed E-state index contributed by atoms with van der Waals surface area (Å²) < 4.78 is 0. The van der Waals surface area contributed by atoms with E-state index in [-0.39, 0.29) is 19.8 Å². The van der Waals surface area contributed by atoms with Gasteiger partial charge in [-0.3, -0.25) is 0 Å². The molecule has 240 valence electrons. The van der Waals surface area contributed by atoms with E-state index in [2.05, 4.69) is 120 Å². The first-order chi connectivity index (χ1) is 24.1. The van der Waals surface area contributed by atoms with Gasteiger partial charge in [-0.2, -0.15) is 0 Å². The van der Waals surface area contributed by atoms with Gasteiger partial charge >= 0.3 is 0 Å². The third-order valence-corrected chi connectivity index (χ3v) is 8.92. The Morgan fingerprint density at radius 3 is 0.796 bits per heavy atom. The number of benzene rings is 7. The smallest absolute Gasteiger partial charge is 0.0682 e. The van der Waals surface area contributed by atoms with Crippen molar-refractivity contribution >= 4 is 17.1 Å². The molecule has 7 aromatic rings. The first-order valence-corrected chi connectivity index (χ1v) is 16.4. The molecule has 4 heteroatoms. The standard InChI is InChI=1S/C45H37NO3/c47-29-32-4-1-7-40(26-32)37-12-10-35(11-13-37)36-14-20-43(21-15-36)46(44-22-16-38(17-23-44)41-8-2-5-33(27-41)30-48)45-24-18-39(19-25-45)42-9-3-6-34(28-42)31-49/h1-28,47-49H,29-31H2. The molecule has 0 unspecified atom stereocenters. The highest BCUT2D eigenvalue weighted by atomic mass is 16.3. The number of aliphatic hydroxyl groups is 3. The van der Waals surface area contributed by atoms with Gasteiger partial charge in [0.15, 0.2) is 0 Å². The van der Waals surface area contributed by atoms with Gasteiger partial charge in [-0.05, 0) is 116 Å². The zero-order valence-electron chi connectivity index (χ0n) is 27.1. The van der Waals surface area contributed by atoms with E-state index in [9.17, 15) is 15.3 Å². The van der Waals surface area contributed by atoms with Crippen LogP contribution in [-0.4, -0.2) is 15.3 Å². The lowest BCUT2D eigenvalue weighted by Gasteiger charge is -2.26. The van der Waals surface area contributed by atoms with Crippen molar-refractivity contribution in [1.29, 1.82) is 0 Å². The Balaban J connectivity index is 1.21. The molecule has 0 aliphatic carbocycles. The molecule has 0 spiro atoms. The molecule has 0 saturated heterocycles. The molecule has 3 N–H and O–H groups in total. The molecule has 0 amide bonds. The molecule has 0 aliphatic heterocycles. The average molecular weight is 640 g/mol. The molecule has 4 nitrogen and oxygen atoms in total. The molecule has 0 radical (unpaired) electrons. The lowest BCUT2D eigenvalue weighted by Crippen LogP contribution is -2.09. The van der Waals surface area contributed by atoms with Crippen molar-refractivity contribution in [2.45, 2.75) is 19.8 Å². The Hall–Kier alpha value is -5.78. The van der Waals surface area contributed by atoms with E-state index in [1.165, 1.54) is 0 Å². The fourth-order valence-electron chi connectivity index (χ4n) is 6.26. The monoisotopic (exact) mass is 639 g/mol. The highest BCUT2D eigenvalue weighted by Gasteiger charge is 2.14. The topological polar surface area (TPSA) is 63.9 Å². The molecule has 49 heavy (non-hydrogen) atoms. The highest BCUT2D eigenvalue weighted by molar-refractivity contribution is 5.81. The minimum atomic E-state index is 0.0125. The molecule has 0 saturated carbocycles. The number of rotatable bonds is 10. The maximum atomic E-state index is 9.64. The Kier molecular flexibility index (Phi) is 9.44. The van der Waals surface area contributed by atoms with Gasteiger partial charge in [0.1, 0.15) is 0 Å². The third kappa shape index (κ3) is 7.08. The summed E-state index contributed by atoms with van der Waals surface area (Å²) in [5.74, 6) is 0. The van der Waals surface area contributed by atoms with E-state index < -0.39 is 0 Å². The summed E-state index contributed by atoms with van der Waals surface area (Å²) in [7, 11) is 0. The van der Waals surface area contributed by atoms with Crippen molar-refractivity contribution in [1.82, 2.24) is 0 Å². The Morgan fingerprint density at radius 1 is 0.286 bits per heavy atom. The van der Waals surface area contributed by atoms with Crippen molar-refractivity contribution in [2.75, 3.05) is 4.90 Å². The molecule has 0 heterocycles. The van der Waals surface area contributed by atoms with E-state index in [4.69, 9.17) is 0 Å². The van der Waals surface area contributed by atoms with Gasteiger partial charge < -0.3 is 20.2 Å². The predicted molar refractivity (Wildman–Crippen MR) is 201 cm³/mol. The van der Waals surface area contributed by atoms with Crippen LogP contribution in [0.4, 0.5) is 17.1 Å². The molecule has 0 aliphatic rings. The lowest BCUT2D eigenvalue weighted by atomic mass is 9.99. The van der Waals surface area contributed by atoms with E-state index in [1.807, 2.05) is 54.6 Å². The van der Waals surface area contributed by atoms with Crippen LogP contribution in [0.15, 0.2) is 170 Å². The summed E-state index contributed by atoms with van der Waals surface area (Å²) in [6, 6.07) is 58.2. The van der Waals surface area contributed by atoms with Crippen LogP contribution in [-0.2, 0) is 19.8 Å². The predicted octanol–water partition coefficient (Wildman–Crippen LogP) is 10.3. The van der Waals surface area contributed by atoms with Crippen LogP contribution in [0.1, 0.15) is 16.7 Å². The van der Waals surface area contributed by atoms with Crippen molar-refractivity contribution in [3.05, 3.63) is 187 Å². The Morgan fingerprint density at radius 2 is 0.531 bits per heavy atom. The van der Waals surface area contributed by atoms with Gasteiger partial charge in [-0.25, -0.2) is 0 Å². The number of anilines is 3. The molecular formula is C45H37NO3. The average Bonchev–Trinajstić information content (AvgIpc) is 3.19. The molecule has 0 atom stereocenters. The molecule has 0 aromatic heterocycles. The Bertz CT molecular complexity index is 2060. The second-order valence-corrected chi connectivity index (χ2v) is 12.1. The van der Waals surface area contributed by atoms with Crippen LogP contribution in [0.3, 0.4) is 0 Å². The first-order valence-electron chi connectivity index (χ1n) is 16.4. The van der Waals surface area contributed by atoms with Gasteiger partial charge in [0, 0.05) is 17.1 Å².